The van der Waals surface area contributed by atoms with Crippen LogP contribution in [-0.4, -0.2) is 48.4 Å². The van der Waals surface area contributed by atoms with Gasteiger partial charge in [-0.15, -0.1) is 0 Å². The number of nitrogens with zero attached hydrogens (tertiary/aromatic N) is 3. The predicted octanol–water partition coefficient (Wildman–Crippen LogP) is 2.75. The molecule has 0 fully saturated rings. The Hall–Kier alpha value is -1.86. The molecule has 0 spiro atoms. The Kier molecular flexibility index (Phi) is 7.49. The van der Waals surface area contributed by atoms with Crippen LogP contribution in [0.3, 0.4) is 0 Å². The summed E-state index contributed by atoms with van der Waals surface area (Å²) < 4.78 is 0. The summed E-state index contributed by atoms with van der Waals surface area (Å²) in [6.07, 6.45) is 0.971. The topological polar surface area (TPSA) is 47.3 Å². The number of carbonyl (C=O) groups excluding carboxylic acids is 1. The van der Waals surface area contributed by atoms with Crippen LogP contribution < -0.4 is 0 Å². The Labute approximate surface area is 128 Å². The Morgan fingerprint density at radius 3 is 2.43 bits per heavy atom. The number of amides is 1. The molecule has 0 radical (unpaired) electrons. The van der Waals surface area contributed by atoms with Crippen LogP contribution in [0.1, 0.15) is 43.1 Å². The third-order valence-electron chi connectivity index (χ3n) is 3.70. The second-order valence-corrected chi connectivity index (χ2v) is 4.96. The highest BCUT2D eigenvalue weighted by atomic mass is 16.2. The SMILES string of the molecule is CCN(CC)CCCN(CC)C(=O)c1cccc(C#N)c1. The summed E-state index contributed by atoms with van der Waals surface area (Å²) in [5.41, 5.74) is 1.12. The van der Waals surface area contributed by atoms with Crippen molar-refractivity contribution in [3.8, 4) is 6.07 Å². The van der Waals surface area contributed by atoms with Crippen molar-refractivity contribution < 1.29 is 4.79 Å². The first-order valence-electron chi connectivity index (χ1n) is 7.68. The van der Waals surface area contributed by atoms with Gasteiger partial charge in [-0.2, -0.15) is 5.26 Å². The van der Waals surface area contributed by atoms with Gasteiger partial charge in [0.15, 0.2) is 0 Å². The lowest BCUT2D eigenvalue weighted by Gasteiger charge is -2.23. The van der Waals surface area contributed by atoms with Gasteiger partial charge < -0.3 is 9.80 Å². The summed E-state index contributed by atoms with van der Waals surface area (Å²) in [6, 6.07) is 8.99. The molecular formula is C17H25N3O. The minimum Gasteiger partial charge on any atom is -0.339 e. The molecule has 0 saturated heterocycles. The van der Waals surface area contributed by atoms with Crippen LogP contribution in [-0.2, 0) is 0 Å². The minimum absolute atomic E-state index is 0.00847. The first-order chi connectivity index (χ1) is 10.2. The van der Waals surface area contributed by atoms with Crippen molar-refractivity contribution in [2.45, 2.75) is 27.2 Å². The number of hydrogen-bond acceptors (Lipinski definition) is 3. The monoisotopic (exact) mass is 287 g/mol. The van der Waals surface area contributed by atoms with Crippen molar-refractivity contribution >= 4 is 5.91 Å². The molecule has 1 rings (SSSR count). The van der Waals surface area contributed by atoms with Crippen molar-refractivity contribution in [3.05, 3.63) is 35.4 Å². The molecule has 0 aliphatic heterocycles. The van der Waals surface area contributed by atoms with Gasteiger partial charge in [-0.3, -0.25) is 4.79 Å². The van der Waals surface area contributed by atoms with Gasteiger partial charge in [0.1, 0.15) is 0 Å². The van der Waals surface area contributed by atoms with Crippen molar-refractivity contribution in [1.29, 1.82) is 5.26 Å². The van der Waals surface area contributed by atoms with Gasteiger partial charge in [-0.05, 0) is 51.2 Å². The van der Waals surface area contributed by atoms with Crippen LogP contribution in [0, 0.1) is 11.3 Å². The van der Waals surface area contributed by atoms with E-state index in [2.05, 4.69) is 24.8 Å². The third-order valence-corrected chi connectivity index (χ3v) is 3.70. The van der Waals surface area contributed by atoms with Crippen molar-refractivity contribution in [1.82, 2.24) is 9.80 Å². The summed E-state index contributed by atoms with van der Waals surface area (Å²) >= 11 is 0. The van der Waals surface area contributed by atoms with Crippen LogP contribution in [0.25, 0.3) is 0 Å². The van der Waals surface area contributed by atoms with Crippen molar-refractivity contribution in [2.24, 2.45) is 0 Å². The maximum absolute atomic E-state index is 12.5. The van der Waals surface area contributed by atoms with E-state index in [1.54, 1.807) is 24.3 Å². The number of hydrogen-bond donors (Lipinski definition) is 0. The van der Waals surface area contributed by atoms with E-state index < -0.39 is 0 Å². The first kappa shape index (κ1) is 17.2. The molecule has 1 aromatic rings. The molecular weight excluding hydrogens is 262 g/mol. The zero-order valence-electron chi connectivity index (χ0n) is 13.3. The Balaban J connectivity index is 2.62. The Morgan fingerprint density at radius 1 is 1.14 bits per heavy atom. The lowest BCUT2D eigenvalue weighted by molar-refractivity contribution is 0.0757. The number of benzene rings is 1. The zero-order valence-corrected chi connectivity index (χ0v) is 13.3. The van der Waals surface area contributed by atoms with Crippen LogP contribution in [0.2, 0.25) is 0 Å². The van der Waals surface area contributed by atoms with Gasteiger partial charge >= 0.3 is 0 Å². The molecule has 0 unspecified atom stereocenters. The van der Waals surface area contributed by atoms with E-state index in [1.807, 2.05) is 11.8 Å². The molecule has 114 valence electrons. The summed E-state index contributed by atoms with van der Waals surface area (Å²) in [5.74, 6) is 0.00847. The van der Waals surface area contributed by atoms with E-state index in [-0.39, 0.29) is 5.91 Å². The predicted molar refractivity (Wildman–Crippen MR) is 85.1 cm³/mol. The van der Waals surface area contributed by atoms with Gasteiger partial charge in [0, 0.05) is 18.7 Å². The largest absolute Gasteiger partial charge is 0.339 e. The molecule has 0 bridgehead atoms. The number of nitriles is 1. The highest BCUT2D eigenvalue weighted by Gasteiger charge is 2.14. The molecule has 0 saturated carbocycles. The van der Waals surface area contributed by atoms with E-state index in [0.29, 0.717) is 17.7 Å². The van der Waals surface area contributed by atoms with Crippen molar-refractivity contribution in [2.75, 3.05) is 32.7 Å². The van der Waals surface area contributed by atoms with E-state index in [4.69, 9.17) is 5.26 Å². The minimum atomic E-state index is 0.00847. The van der Waals surface area contributed by atoms with E-state index in [0.717, 1.165) is 32.6 Å². The van der Waals surface area contributed by atoms with E-state index >= 15 is 0 Å². The average Bonchev–Trinajstić information content (AvgIpc) is 2.54. The molecule has 1 aromatic carbocycles. The molecule has 0 aliphatic rings. The highest BCUT2D eigenvalue weighted by Crippen LogP contribution is 2.08. The molecule has 0 aromatic heterocycles. The second kappa shape index (κ2) is 9.15. The van der Waals surface area contributed by atoms with E-state index in [9.17, 15) is 4.79 Å². The molecule has 0 atom stereocenters. The smallest absolute Gasteiger partial charge is 0.253 e. The fourth-order valence-corrected chi connectivity index (χ4v) is 2.33. The molecule has 0 N–H and O–H groups in total. The average molecular weight is 287 g/mol. The fourth-order valence-electron chi connectivity index (χ4n) is 2.33. The summed E-state index contributed by atoms with van der Waals surface area (Å²) in [7, 11) is 0. The molecule has 4 nitrogen and oxygen atoms in total. The zero-order chi connectivity index (χ0) is 15.7. The van der Waals surface area contributed by atoms with Crippen LogP contribution in [0.4, 0.5) is 0 Å². The maximum Gasteiger partial charge on any atom is 0.253 e. The van der Waals surface area contributed by atoms with Gasteiger partial charge in [0.25, 0.3) is 5.91 Å². The summed E-state index contributed by atoms with van der Waals surface area (Å²) in [5, 5.41) is 8.92. The molecule has 0 heterocycles. The summed E-state index contributed by atoms with van der Waals surface area (Å²) in [4.78, 5) is 16.7. The summed E-state index contributed by atoms with van der Waals surface area (Å²) in [6.45, 7) is 10.8. The molecule has 4 heteroatoms. The number of carbonyl (C=O) groups is 1. The van der Waals surface area contributed by atoms with Gasteiger partial charge in [-0.25, -0.2) is 0 Å². The maximum atomic E-state index is 12.5. The van der Waals surface area contributed by atoms with Crippen LogP contribution in [0.15, 0.2) is 24.3 Å². The van der Waals surface area contributed by atoms with Crippen LogP contribution >= 0.6 is 0 Å². The van der Waals surface area contributed by atoms with Gasteiger partial charge in [0.05, 0.1) is 11.6 Å². The fraction of sp³-hybridized carbons (Fsp3) is 0.529. The molecule has 0 aliphatic carbocycles. The highest BCUT2D eigenvalue weighted by molar-refractivity contribution is 5.94. The Morgan fingerprint density at radius 2 is 1.86 bits per heavy atom. The number of rotatable bonds is 8. The third kappa shape index (κ3) is 5.20. The van der Waals surface area contributed by atoms with Crippen molar-refractivity contribution in [3.63, 3.8) is 0 Å². The van der Waals surface area contributed by atoms with Gasteiger partial charge in [-0.1, -0.05) is 19.9 Å². The Bertz CT molecular complexity index is 489. The lowest BCUT2D eigenvalue weighted by Crippen LogP contribution is -2.34. The quantitative estimate of drug-likeness (QED) is 0.738. The van der Waals surface area contributed by atoms with Crippen LogP contribution in [0.5, 0.6) is 0 Å². The molecule has 1 amide bonds. The standard InChI is InChI=1S/C17H25N3O/c1-4-19(5-2)11-8-12-20(6-3)17(21)16-10-7-9-15(13-16)14-18/h7,9-10,13H,4-6,8,11-12H2,1-3H3. The second-order valence-electron chi connectivity index (χ2n) is 4.96. The van der Waals surface area contributed by atoms with E-state index in [1.165, 1.54) is 0 Å². The first-order valence-corrected chi connectivity index (χ1v) is 7.68. The lowest BCUT2D eigenvalue weighted by atomic mass is 10.1. The van der Waals surface area contributed by atoms with Gasteiger partial charge in [0.2, 0.25) is 0 Å². The normalized spacial score (nSPS) is 10.4. The molecule has 21 heavy (non-hydrogen) atoms.